The number of H-pyrrole nitrogens is 1. The van der Waals surface area contributed by atoms with Crippen molar-refractivity contribution in [3.05, 3.63) is 45.7 Å². The summed E-state index contributed by atoms with van der Waals surface area (Å²) in [5, 5.41) is 4.05. The molecule has 27 heavy (non-hydrogen) atoms. The van der Waals surface area contributed by atoms with Crippen molar-refractivity contribution in [2.45, 2.75) is 55.4 Å². The molecule has 1 N–H and O–H groups in total. The lowest BCUT2D eigenvalue weighted by Gasteiger charge is -2.36. The summed E-state index contributed by atoms with van der Waals surface area (Å²) in [5.74, 6) is 0.790. The van der Waals surface area contributed by atoms with E-state index in [1.165, 1.54) is 4.90 Å². The number of aromatic nitrogens is 2. The number of nitrogens with zero attached hydrogens (tertiary/aromatic N) is 2. The SMILES string of the molecule is CSc1ccc([C@H]2SC(C)=Nc3c2c(=O)[nH]n3[C@@H]2CCOC(C)(C)C2)cc1. The molecule has 0 unspecified atom stereocenters. The Morgan fingerprint density at radius 2 is 2.07 bits per heavy atom. The Hall–Kier alpha value is -1.44. The third-order valence-electron chi connectivity index (χ3n) is 5.20. The summed E-state index contributed by atoms with van der Waals surface area (Å²) in [7, 11) is 0. The number of fused-ring (bicyclic) bond motifs is 1. The molecule has 1 fully saturated rings. The minimum Gasteiger partial charge on any atom is -0.375 e. The molecule has 1 aromatic carbocycles. The Morgan fingerprint density at radius 1 is 1.33 bits per heavy atom. The fraction of sp³-hybridized carbons (Fsp3) is 0.500. The standard InChI is InChI=1S/C20H25N3O2S2/c1-12-21-18-16(17(27-12)13-5-7-15(26-4)8-6-13)19(24)22-23(18)14-9-10-25-20(2,3)11-14/h5-8,14,17H,9-11H2,1-4H3,(H,22,24)/t14-,17-/m1/s1. The molecule has 0 aliphatic carbocycles. The maximum absolute atomic E-state index is 12.9. The van der Waals surface area contributed by atoms with Crippen LogP contribution in [-0.2, 0) is 4.74 Å². The van der Waals surface area contributed by atoms with Gasteiger partial charge in [0.1, 0.15) is 0 Å². The molecule has 0 saturated carbocycles. The van der Waals surface area contributed by atoms with Gasteiger partial charge in [0.2, 0.25) is 0 Å². The average molecular weight is 404 g/mol. The minimum atomic E-state index is -0.188. The van der Waals surface area contributed by atoms with Crippen molar-refractivity contribution in [1.29, 1.82) is 0 Å². The topological polar surface area (TPSA) is 59.4 Å². The summed E-state index contributed by atoms with van der Waals surface area (Å²) in [5.41, 5.74) is 1.69. The maximum Gasteiger partial charge on any atom is 0.271 e. The highest BCUT2D eigenvalue weighted by molar-refractivity contribution is 8.14. The molecule has 2 aliphatic rings. The quantitative estimate of drug-likeness (QED) is 0.740. The first-order valence-corrected chi connectivity index (χ1v) is 11.3. The van der Waals surface area contributed by atoms with E-state index in [-0.39, 0.29) is 22.5 Å². The van der Waals surface area contributed by atoms with Crippen LogP contribution in [0.1, 0.15) is 56.0 Å². The molecule has 0 radical (unpaired) electrons. The van der Waals surface area contributed by atoms with Crippen LogP contribution in [0, 0.1) is 0 Å². The number of thioether (sulfide) groups is 2. The summed E-state index contributed by atoms with van der Waals surface area (Å²) < 4.78 is 7.85. The van der Waals surface area contributed by atoms with E-state index in [0.717, 1.165) is 34.8 Å². The van der Waals surface area contributed by atoms with Gasteiger partial charge in [-0.2, -0.15) is 0 Å². The summed E-state index contributed by atoms with van der Waals surface area (Å²) in [6, 6.07) is 8.69. The third-order valence-corrected chi connectivity index (χ3v) is 7.12. The lowest BCUT2D eigenvalue weighted by atomic mass is 9.94. The Labute approximate surface area is 168 Å². The molecule has 2 atom stereocenters. The number of aliphatic imine (C=N–C) groups is 1. The Morgan fingerprint density at radius 3 is 2.74 bits per heavy atom. The van der Waals surface area contributed by atoms with Crippen LogP contribution < -0.4 is 5.56 Å². The number of hydrogen-bond donors (Lipinski definition) is 1. The summed E-state index contributed by atoms with van der Waals surface area (Å²) in [6.07, 6.45) is 3.81. The van der Waals surface area contributed by atoms with Crippen LogP contribution in [0.15, 0.2) is 38.9 Å². The number of hydrogen-bond acceptors (Lipinski definition) is 5. The van der Waals surface area contributed by atoms with Gasteiger partial charge in [0.15, 0.2) is 5.82 Å². The van der Waals surface area contributed by atoms with E-state index in [4.69, 9.17) is 9.73 Å². The van der Waals surface area contributed by atoms with Crippen LogP contribution >= 0.6 is 23.5 Å². The molecule has 7 heteroatoms. The van der Waals surface area contributed by atoms with E-state index >= 15 is 0 Å². The monoisotopic (exact) mass is 403 g/mol. The van der Waals surface area contributed by atoms with Crippen molar-refractivity contribution in [3.63, 3.8) is 0 Å². The zero-order valence-corrected chi connectivity index (χ0v) is 17.7. The fourth-order valence-corrected chi connectivity index (χ4v) is 5.42. The lowest BCUT2D eigenvalue weighted by molar-refractivity contribution is -0.0705. The molecule has 2 aliphatic heterocycles. The second kappa shape index (κ2) is 7.18. The minimum absolute atomic E-state index is 0.0220. The summed E-state index contributed by atoms with van der Waals surface area (Å²) in [6.45, 7) is 6.93. The van der Waals surface area contributed by atoms with Crippen LogP contribution in [0.25, 0.3) is 0 Å². The Balaban J connectivity index is 1.76. The Bertz CT molecular complexity index is 928. The first-order valence-electron chi connectivity index (χ1n) is 9.22. The summed E-state index contributed by atoms with van der Waals surface area (Å²) >= 11 is 3.38. The lowest BCUT2D eigenvalue weighted by Crippen LogP contribution is -2.35. The van der Waals surface area contributed by atoms with Gasteiger partial charge in [0, 0.05) is 11.5 Å². The largest absolute Gasteiger partial charge is 0.375 e. The first-order chi connectivity index (χ1) is 12.9. The molecule has 0 bridgehead atoms. The molecule has 2 aromatic rings. The maximum atomic E-state index is 12.9. The van der Waals surface area contributed by atoms with Crippen LogP contribution in [0.5, 0.6) is 0 Å². The highest BCUT2D eigenvalue weighted by Crippen LogP contribution is 2.45. The predicted molar refractivity (Wildman–Crippen MR) is 114 cm³/mol. The van der Waals surface area contributed by atoms with Crippen molar-refractivity contribution >= 4 is 34.4 Å². The number of aromatic amines is 1. The Kier molecular flexibility index (Phi) is 5.03. The van der Waals surface area contributed by atoms with Crippen molar-refractivity contribution in [2.24, 2.45) is 4.99 Å². The summed E-state index contributed by atoms with van der Waals surface area (Å²) in [4.78, 5) is 18.9. The molecular weight excluding hydrogens is 378 g/mol. The van der Waals surface area contributed by atoms with Gasteiger partial charge in [-0.05, 0) is 57.6 Å². The van der Waals surface area contributed by atoms with Crippen LogP contribution in [-0.4, -0.2) is 33.3 Å². The predicted octanol–water partition coefficient (Wildman–Crippen LogP) is 4.91. The van der Waals surface area contributed by atoms with Gasteiger partial charge in [0.05, 0.1) is 27.5 Å². The smallest absolute Gasteiger partial charge is 0.271 e. The van der Waals surface area contributed by atoms with Gasteiger partial charge in [0.25, 0.3) is 5.56 Å². The van der Waals surface area contributed by atoms with Crippen molar-refractivity contribution in [2.75, 3.05) is 12.9 Å². The molecule has 3 heterocycles. The van der Waals surface area contributed by atoms with Gasteiger partial charge in [-0.1, -0.05) is 23.9 Å². The number of nitrogens with one attached hydrogen (secondary N) is 1. The van der Waals surface area contributed by atoms with Crippen LogP contribution in [0.4, 0.5) is 5.82 Å². The molecule has 1 saturated heterocycles. The van der Waals surface area contributed by atoms with Crippen LogP contribution in [0.3, 0.4) is 0 Å². The van der Waals surface area contributed by atoms with Gasteiger partial charge in [-0.15, -0.1) is 11.8 Å². The van der Waals surface area contributed by atoms with Crippen molar-refractivity contribution in [1.82, 2.24) is 9.78 Å². The van der Waals surface area contributed by atoms with Gasteiger partial charge in [-0.3, -0.25) is 14.6 Å². The van der Waals surface area contributed by atoms with Gasteiger partial charge in [-0.25, -0.2) is 4.99 Å². The molecule has 4 rings (SSSR count). The van der Waals surface area contributed by atoms with E-state index in [0.29, 0.717) is 6.61 Å². The van der Waals surface area contributed by atoms with E-state index < -0.39 is 0 Å². The van der Waals surface area contributed by atoms with Crippen LogP contribution in [0.2, 0.25) is 0 Å². The molecular formula is C20H25N3O2S2. The molecule has 5 nitrogen and oxygen atoms in total. The van der Waals surface area contributed by atoms with Crippen molar-refractivity contribution < 1.29 is 4.74 Å². The van der Waals surface area contributed by atoms with E-state index in [1.54, 1.807) is 23.5 Å². The molecule has 0 amide bonds. The molecule has 0 spiro atoms. The van der Waals surface area contributed by atoms with Crippen molar-refractivity contribution in [3.8, 4) is 0 Å². The molecule has 1 aromatic heterocycles. The zero-order chi connectivity index (χ0) is 19.2. The first kappa shape index (κ1) is 18.9. The van der Waals surface area contributed by atoms with E-state index in [9.17, 15) is 4.79 Å². The third kappa shape index (κ3) is 3.65. The van der Waals surface area contributed by atoms with Gasteiger partial charge < -0.3 is 4.74 Å². The zero-order valence-electron chi connectivity index (χ0n) is 16.1. The van der Waals surface area contributed by atoms with E-state index in [1.807, 2.05) is 11.6 Å². The normalized spacial score (nSPS) is 24.4. The highest BCUT2D eigenvalue weighted by atomic mass is 32.2. The second-order valence-corrected chi connectivity index (χ2v) is 9.88. The highest BCUT2D eigenvalue weighted by Gasteiger charge is 2.35. The number of benzene rings is 1. The number of ether oxygens (including phenoxy) is 1. The van der Waals surface area contributed by atoms with Gasteiger partial charge >= 0.3 is 0 Å². The fourth-order valence-electron chi connectivity index (χ4n) is 3.91. The van der Waals surface area contributed by atoms with E-state index in [2.05, 4.69) is 49.5 Å². The molecule has 144 valence electrons. The second-order valence-electron chi connectivity index (χ2n) is 7.70. The number of rotatable bonds is 3. The average Bonchev–Trinajstić information content (AvgIpc) is 2.97.